The third-order valence-corrected chi connectivity index (χ3v) is 2.48. The molecule has 1 N–H and O–H groups in total. The van der Waals surface area contributed by atoms with Gasteiger partial charge in [-0.05, 0) is 45.7 Å². The zero-order valence-corrected chi connectivity index (χ0v) is 10.2. The lowest BCUT2D eigenvalue weighted by Gasteiger charge is -2.24. The second-order valence-electron chi connectivity index (χ2n) is 3.72. The molecule has 3 heteroatoms. The van der Waals surface area contributed by atoms with Crippen LogP contribution in [0.2, 0.25) is 0 Å². The Balaban J connectivity index is 3.29. The Morgan fingerprint density at radius 3 is 2.62 bits per heavy atom. The molecule has 13 heavy (non-hydrogen) atoms. The lowest BCUT2D eigenvalue weighted by atomic mass is 10.1. The maximum Gasteiger partial charge on any atom is 0.0750 e. The zero-order chi connectivity index (χ0) is 10.2. The molecule has 0 amide bonds. The minimum absolute atomic E-state index is 0.0197. The average molecular weight is 205 g/mol. The predicted molar refractivity (Wildman–Crippen MR) is 61.6 cm³/mol. The van der Waals surface area contributed by atoms with Crippen molar-refractivity contribution in [2.75, 3.05) is 31.7 Å². The van der Waals surface area contributed by atoms with E-state index >= 15 is 0 Å². The van der Waals surface area contributed by atoms with Crippen LogP contribution in [0, 0.1) is 0 Å². The van der Waals surface area contributed by atoms with Crippen molar-refractivity contribution in [2.45, 2.75) is 32.8 Å². The van der Waals surface area contributed by atoms with Crippen LogP contribution in [0.1, 0.15) is 27.2 Å². The molecule has 0 saturated carbocycles. The SMILES string of the molecule is CCOC(C)(C)CNCCCSC. The van der Waals surface area contributed by atoms with Gasteiger partial charge in [0.05, 0.1) is 5.60 Å². The van der Waals surface area contributed by atoms with E-state index in [0.29, 0.717) is 0 Å². The molecule has 0 rings (SSSR count). The third kappa shape index (κ3) is 8.60. The number of rotatable bonds is 8. The fourth-order valence-corrected chi connectivity index (χ4v) is 1.61. The number of hydrogen-bond acceptors (Lipinski definition) is 3. The van der Waals surface area contributed by atoms with Gasteiger partial charge < -0.3 is 10.1 Å². The second kappa shape index (κ2) is 7.65. The van der Waals surface area contributed by atoms with E-state index in [4.69, 9.17) is 4.74 Å². The molecule has 0 aliphatic heterocycles. The predicted octanol–water partition coefficient (Wildman–Crippen LogP) is 2.14. The van der Waals surface area contributed by atoms with Crippen LogP contribution in [0.3, 0.4) is 0 Å². The molecule has 0 spiro atoms. The summed E-state index contributed by atoms with van der Waals surface area (Å²) in [5, 5.41) is 3.41. The molecular weight excluding hydrogens is 182 g/mol. The van der Waals surface area contributed by atoms with Gasteiger partial charge in [-0.1, -0.05) is 0 Å². The molecule has 2 nitrogen and oxygen atoms in total. The van der Waals surface area contributed by atoms with Gasteiger partial charge in [-0.2, -0.15) is 11.8 Å². The Bertz CT molecular complexity index is 117. The zero-order valence-electron chi connectivity index (χ0n) is 9.35. The highest BCUT2D eigenvalue weighted by Crippen LogP contribution is 2.06. The lowest BCUT2D eigenvalue weighted by Crippen LogP contribution is -2.38. The van der Waals surface area contributed by atoms with Crippen LogP contribution in [0.25, 0.3) is 0 Å². The van der Waals surface area contributed by atoms with Crippen molar-refractivity contribution in [3.05, 3.63) is 0 Å². The van der Waals surface area contributed by atoms with Gasteiger partial charge in [0, 0.05) is 13.2 Å². The summed E-state index contributed by atoms with van der Waals surface area (Å²) in [4.78, 5) is 0. The highest BCUT2D eigenvalue weighted by atomic mass is 32.2. The first-order valence-electron chi connectivity index (χ1n) is 4.96. The molecule has 0 bridgehead atoms. The van der Waals surface area contributed by atoms with Crippen LogP contribution < -0.4 is 5.32 Å². The maximum absolute atomic E-state index is 5.57. The van der Waals surface area contributed by atoms with Crippen molar-refractivity contribution >= 4 is 11.8 Å². The number of thioether (sulfide) groups is 1. The molecule has 80 valence electrons. The van der Waals surface area contributed by atoms with E-state index in [-0.39, 0.29) is 5.60 Å². The minimum Gasteiger partial charge on any atom is -0.375 e. The molecule has 0 atom stereocenters. The summed E-state index contributed by atoms with van der Waals surface area (Å²) in [5.41, 5.74) is -0.0197. The molecule has 0 aliphatic rings. The fourth-order valence-electron chi connectivity index (χ4n) is 1.17. The van der Waals surface area contributed by atoms with E-state index in [0.717, 1.165) is 19.7 Å². The van der Waals surface area contributed by atoms with E-state index in [1.54, 1.807) is 0 Å². The first kappa shape index (κ1) is 13.3. The molecule has 0 radical (unpaired) electrons. The average Bonchev–Trinajstić information content (AvgIpc) is 2.04. The largest absolute Gasteiger partial charge is 0.375 e. The lowest BCUT2D eigenvalue weighted by molar-refractivity contribution is -0.00859. The molecule has 0 fully saturated rings. The van der Waals surface area contributed by atoms with Crippen LogP contribution in [0.4, 0.5) is 0 Å². The molecule has 0 unspecified atom stereocenters. The summed E-state index contributed by atoms with van der Waals surface area (Å²) in [6.45, 7) is 9.11. The van der Waals surface area contributed by atoms with Crippen molar-refractivity contribution in [1.82, 2.24) is 5.32 Å². The van der Waals surface area contributed by atoms with Crippen molar-refractivity contribution in [3.8, 4) is 0 Å². The van der Waals surface area contributed by atoms with E-state index < -0.39 is 0 Å². The van der Waals surface area contributed by atoms with Crippen molar-refractivity contribution < 1.29 is 4.74 Å². The smallest absolute Gasteiger partial charge is 0.0750 e. The number of nitrogens with one attached hydrogen (secondary N) is 1. The van der Waals surface area contributed by atoms with Gasteiger partial charge in [0.2, 0.25) is 0 Å². The van der Waals surface area contributed by atoms with Crippen molar-refractivity contribution in [3.63, 3.8) is 0 Å². The molecular formula is C10H23NOS. The van der Waals surface area contributed by atoms with Crippen LogP contribution >= 0.6 is 11.8 Å². The first-order valence-corrected chi connectivity index (χ1v) is 6.35. The highest BCUT2D eigenvalue weighted by molar-refractivity contribution is 7.98. The van der Waals surface area contributed by atoms with E-state index in [1.807, 2.05) is 18.7 Å². The minimum atomic E-state index is -0.0197. The fraction of sp³-hybridized carbons (Fsp3) is 1.00. The Morgan fingerprint density at radius 2 is 2.08 bits per heavy atom. The van der Waals surface area contributed by atoms with Crippen LogP contribution in [-0.4, -0.2) is 37.3 Å². The summed E-state index contributed by atoms with van der Waals surface area (Å²) >= 11 is 1.90. The quantitative estimate of drug-likeness (QED) is 0.614. The summed E-state index contributed by atoms with van der Waals surface area (Å²) in [7, 11) is 0. The molecule has 0 saturated heterocycles. The number of ether oxygens (including phenoxy) is 1. The van der Waals surface area contributed by atoms with Gasteiger partial charge in [-0.3, -0.25) is 0 Å². The van der Waals surface area contributed by atoms with E-state index in [9.17, 15) is 0 Å². The molecule has 0 aromatic heterocycles. The number of hydrogen-bond donors (Lipinski definition) is 1. The Hall–Kier alpha value is 0.270. The van der Waals surface area contributed by atoms with Crippen LogP contribution in [0.15, 0.2) is 0 Å². The summed E-state index contributed by atoms with van der Waals surface area (Å²) in [6.07, 6.45) is 3.38. The highest BCUT2D eigenvalue weighted by Gasteiger charge is 2.15. The normalized spacial score (nSPS) is 12.0. The van der Waals surface area contributed by atoms with Gasteiger partial charge >= 0.3 is 0 Å². The first-order chi connectivity index (χ1) is 6.12. The van der Waals surface area contributed by atoms with Crippen LogP contribution in [0.5, 0.6) is 0 Å². The van der Waals surface area contributed by atoms with Gasteiger partial charge in [0.15, 0.2) is 0 Å². The van der Waals surface area contributed by atoms with E-state index in [2.05, 4.69) is 25.4 Å². The van der Waals surface area contributed by atoms with Crippen LogP contribution in [-0.2, 0) is 4.74 Å². The van der Waals surface area contributed by atoms with Crippen molar-refractivity contribution in [2.24, 2.45) is 0 Å². The van der Waals surface area contributed by atoms with Crippen molar-refractivity contribution in [1.29, 1.82) is 0 Å². The molecule has 0 aliphatic carbocycles. The monoisotopic (exact) mass is 205 g/mol. The second-order valence-corrected chi connectivity index (χ2v) is 4.70. The Labute approximate surface area is 86.8 Å². The Kier molecular flexibility index (Phi) is 7.81. The van der Waals surface area contributed by atoms with Gasteiger partial charge in [-0.25, -0.2) is 0 Å². The summed E-state index contributed by atoms with van der Waals surface area (Å²) in [6, 6.07) is 0. The topological polar surface area (TPSA) is 21.3 Å². The molecule has 0 heterocycles. The third-order valence-electron chi connectivity index (χ3n) is 1.79. The molecule has 0 aromatic carbocycles. The van der Waals surface area contributed by atoms with Gasteiger partial charge in [-0.15, -0.1) is 0 Å². The molecule has 0 aromatic rings. The van der Waals surface area contributed by atoms with E-state index in [1.165, 1.54) is 12.2 Å². The standard InChI is InChI=1S/C10H23NOS/c1-5-12-10(2,3)9-11-7-6-8-13-4/h11H,5-9H2,1-4H3. The summed E-state index contributed by atoms with van der Waals surface area (Å²) < 4.78 is 5.57. The summed E-state index contributed by atoms with van der Waals surface area (Å²) in [5.74, 6) is 1.24. The maximum atomic E-state index is 5.57. The van der Waals surface area contributed by atoms with Gasteiger partial charge in [0.25, 0.3) is 0 Å². The van der Waals surface area contributed by atoms with Gasteiger partial charge in [0.1, 0.15) is 0 Å². The Morgan fingerprint density at radius 1 is 1.38 bits per heavy atom.